The van der Waals surface area contributed by atoms with Gasteiger partial charge in [-0.05, 0) is 42.5 Å². The molecule has 0 amide bonds. The van der Waals surface area contributed by atoms with E-state index < -0.39 is 0 Å². The lowest BCUT2D eigenvalue weighted by Gasteiger charge is -2.20. The third-order valence-corrected chi connectivity index (χ3v) is 3.97. The molecule has 2 atom stereocenters. The molecule has 1 fully saturated rings. The Balaban J connectivity index is 2.10. The molecule has 2 unspecified atom stereocenters. The quantitative estimate of drug-likeness (QED) is 0.886. The summed E-state index contributed by atoms with van der Waals surface area (Å²) < 4.78 is 0. The number of hydrogen-bond acceptors (Lipinski definition) is 3. The average Bonchev–Trinajstić information content (AvgIpc) is 2.67. The Morgan fingerprint density at radius 3 is 2.56 bits per heavy atom. The molecule has 0 saturated carbocycles. The normalized spacial score (nSPS) is 23.7. The molecule has 0 aliphatic carbocycles. The monoisotopic (exact) mass is 247 g/mol. The summed E-state index contributed by atoms with van der Waals surface area (Å²) in [7, 11) is 0. The number of nitrogens with one attached hydrogen (secondary N) is 1. The molecule has 1 aliphatic rings. The molecule has 1 aliphatic heterocycles. The molecule has 0 bridgehead atoms. The molecule has 100 valence electrons. The van der Waals surface area contributed by atoms with Gasteiger partial charge >= 0.3 is 0 Å². The highest BCUT2D eigenvalue weighted by Crippen LogP contribution is 2.28. The summed E-state index contributed by atoms with van der Waals surface area (Å²) in [6.07, 6.45) is 2.01. The Morgan fingerprint density at radius 2 is 2.00 bits per heavy atom. The van der Waals surface area contributed by atoms with E-state index in [1.165, 1.54) is 16.9 Å². The van der Waals surface area contributed by atoms with Crippen molar-refractivity contribution < 1.29 is 0 Å². The Morgan fingerprint density at radius 1 is 1.33 bits per heavy atom. The predicted octanol–water partition coefficient (Wildman–Crippen LogP) is 2.59. The van der Waals surface area contributed by atoms with Crippen LogP contribution in [0.1, 0.15) is 31.9 Å². The van der Waals surface area contributed by atoms with Crippen molar-refractivity contribution in [3.63, 3.8) is 0 Å². The van der Waals surface area contributed by atoms with Crippen LogP contribution in [0.4, 0.5) is 5.82 Å². The van der Waals surface area contributed by atoms with Gasteiger partial charge in [0.15, 0.2) is 0 Å². The molecule has 1 N–H and O–H groups in total. The lowest BCUT2D eigenvalue weighted by molar-refractivity contribution is 0.494. The van der Waals surface area contributed by atoms with E-state index in [1.54, 1.807) is 0 Å². The molecule has 1 saturated heterocycles. The molecule has 0 radical (unpaired) electrons. The van der Waals surface area contributed by atoms with Crippen molar-refractivity contribution in [1.29, 1.82) is 0 Å². The molecule has 0 aromatic carbocycles. The molecule has 1 aromatic heterocycles. The summed E-state index contributed by atoms with van der Waals surface area (Å²) in [6.45, 7) is 13.2. The maximum absolute atomic E-state index is 4.67. The largest absolute Gasteiger partial charge is 0.356 e. The number of rotatable bonds is 4. The highest BCUT2D eigenvalue weighted by molar-refractivity contribution is 5.48. The van der Waals surface area contributed by atoms with Gasteiger partial charge in [-0.15, -0.1) is 0 Å². The van der Waals surface area contributed by atoms with Crippen molar-refractivity contribution in [3.05, 3.63) is 23.4 Å². The van der Waals surface area contributed by atoms with Gasteiger partial charge in [0, 0.05) is 25.8 Å². The van der Waals surface area contributed by atoms with Gasteiger partial charge in [-0.1, -0.05) is 20.8 Å². The fourth-order valence-electron chi connectivity index (χ4n) is 2.63. The molecule has 2 heterocycles. The number of pyridine rings is 1. The minimum Gasteiger partial charge on any atom is -0.356 e. The summed E-state index contributed by atoms with van der Waals surface area (Å²) in [6, 6.07) is 2.26. The van der Waals surface area contributed by atoms with Crippen LogP contribution in [0.5, 0.6) is 0 Å². The lowest BCUT2D eigenvalue weighted by Crippen LogP contribution is -2.22. The molecule has 3 heteroatoms. The van der Waals surface area contributed by atoms with Crippen molar-refractivity contribution >= 4 is 5.82 Å². The van der Waals surface area contributed by atoms with E-state index >= 15 is 0 Å². The van der Waals surface area contributed by atoms with Gasteiger partial charge in [0.1, 0.15) is 5.82 Å². The van der Waals surface area contributed by atoms with E-state index in [1.807, 2.05) is 6.20 Å². The Kier molecular flexibility index (Phi) is 4.23. The van der Waals surface area contributed by atoms with E-state index in [-0.39, 0.29) is 0 Å². The van der Waals surface area contributed by atoms with E-state index in [0.717, 1.165) is 38.0 Å². The van der Waals surface area contributed by atoms with Gasteiger partial charge in [0.05, 0.1) is 0 Å². The smallest absolute Gasteiger partial charge is 0.131 e. The molecular formula is C15H25N3. The maximum atomic E-state index is 4.67. The van der Waals surface area contributed by atoms with Crippen molar-refractivity contribution in [1.82, 2.24) is 10.3 Å². The molecule has 18 heavy (non-hydrogen) atoms. The first kappa shape index (κ1) is 13.3. The predicted molar refractivity (Wildman–Crippen MR) is 76.9 cm³/mol. The van der Waals surface area contributed by atoms with Crippen molar-refractivity contribution in [2.24, 2.45) is 11.8 Å². The summed E-state index contributed by atoms with van der Waals surface area (Å²) >= 11 is 0. The second-order valence-corrected chi connectivity index (χ2v) is 5.62. The zero-order valence-electron chi connectivity index (χ0n) is 12.0. The van der Waals surface area contributed by atoms with E-state index in [9.17, 15) is 0 Å². The summed E-state index contributed by atoms with van der Waals surface area (Å²) in [5.74, 6) is 2.71. The van der Waals surface area contributed by atoms with Crippen LogP contribution >= 0.6 is 0 Å². The van der Waals surface area contributed by atoms with Gasteiger partial charge in [-0.25, -0.2) is 4.98 Å². The zero-order valence-corrected chi connectivity index (χ0v) is 12.0. The molecule has 1 aromatic rings. The molecule has 2 rings (SSSR count). The lowest BCUT2D eigenvalue weighted by atomic mass is 10.0. The third kappa shape index (κ3) is 2.83. The van der Waals surface area contributed by atoms with Gasteiger partial charge in [0.25, 0.3) is 0 Å². The van der Waals surface area contributed by atoms with Crippen LogP contribution in [0.3, 0.4) is 0 Å². The van der Waals surface area contributed by atoms with E-state index in [4.69, 9.17) is 0 Å². The van der Waals surface area contributed by atoms with E-state index in [0.29, 0.717) is 0 Å². The first-order valence-corrected chi connectivity index (χ1v) is 7.03. The molecule has 3 nitrogen and oxygen atoms in total. The fraction of sp³-hybridized carbons (Fsp3) is 0.667. The third-order valence-electron chi connectivity index (χ3n) is 3.97. The first-order valence-electron chi connectivity index (χ1n) is 7.03. The fourth-order valence-corrected chi connectivity index (χ4v) is 2.63. The first-order chi connectivity index (χ1) is 8.61. The van der Waals surface area contributed by atoms with Crippen LogP contribution in [0, 0.1) is 18.8 Å². The highest BCUT2D eigenvalue weighted by atomic mass is 15.2. The van der Waals surface area contributed by atoms with Crippen LogP contribution in [-0.2, 0) is 6.54 Å². The second kappa shape index (κ2) is 5.70. The average molecular weight is 247 g/mol. The van der Waals surface area contributed by atoms with Gasteiger partial charge in [-0.3, -0.25) is 0 Å². The minimum absolute atomic E-state index is 0.771. The number of aryl methyl sites for hydroxylation is 1. The van der Waals surface area contributed by atoms with Gasteiger partial charge < -0.3 is 10.2 Å². The maximum Gasteiger partial charge on any atom is 0.131 e. The number of aromatic nitrogens is 1. The minimum atomic E-state index is 0.771. The SMILES string of the molecule is CCNCc1cnc(N2CC(C)C(C)C2)c(C)c1. The van der Waals surface area contributed by atoms with Crippen LogP contribution in [0.15, 0.2) is 12.3 Å². The Bertz CT molecular complexity index is 393. The van der Waals surface area contributed by atoms with Crippen LogP contribution in [0.25, 0.3) is 0 Å². The Labute approximate surface area is 111 Å². The van der Waals surface area contributed by atoms with Crippen molar-refractivity contribution in [2.75, 3.05) is 24.5 Å². The summed E-state index contributed by atoms with van der Waals surface area (Å²) in [4.78, 5) is 7.10. The highest BCUT2D eigenvalue weighted by Gasteiger charge is 2.27. The van der Waals surface area contributed by atoms with Gasteiger partial charge in [-0.2, -0.15) is 0 Å². The number of hydrogen-bond donors (Lipinski definition) is 1. The zero-order chi connectivity index (χ0) is 13.1. The summed E-state index contributed by atoms with van der Waals surface area (Å²) in [5, 5.41) is 3.34. The number of anilines is 1. The van der Waals surface area contributed by atoms with E-state index in [2.05, 4.69) is 49.0 Å². The topological polar surface area (TPSA) is 28.2 Å². The van der Waals surface area contributed by atoms with Crippen LogP contribution < -0.4 is 10.2 Å². The van der Waals surface area contributed by atoms with Gasteiger partial charge in [0.2, 0.25) is 0 Å². The van der Waals surface area contributed by atoms with Crippen LogP contribution in [-0.4, -0.2) is 24.6 Å². The Hall–Kier alpha value is -1.09. The standard InChI is InChI=1S/C15H25N3/c1-5-16-7-14-6-11(2)15(17-8-14)18-9-12(3)13(4)10-18/h6,8,12-13,16H,5,7,9-10H2,1-4H3. The summed E-state index contributed by atoms with van der Waals surface area (Å²) in [5.41, 5.74) is 2.57. The van der Waals surface area contributed by atoms with Crippen LogP contribution in [0.2, 0.25) is 0 Å². The molecular weight excluding hydrogens is 222 g/mol. The van der Waals surface area contributed by atoms with Crippen molar-refractivity contribution in [2.45, 2.75) is 34.2 Å². The number of nitrogens with zero attached hydrogens (tertiary/aromatic N) is 2. The molecule has 0 spiro atoms. The van der Waals surface area contributed by atoms with Crippen molar-refractivity contribution in [3.8, 4) is 0 Å². The second-order valence-electron chi connectivity index (χ2n) is 5.62.